The van der Waals surface area contributed by atoms with Gasteiger partial charge in [0.1, 0.15) is 17.8 Å². The summed E-state index contributed by atoms with van der Waals surface area (Å²) in [6.45, 7) is 6.92. The van der Waals surface area contributed by atoms with Crippen molar-refractivity contribution in [3.8, 4) is 17.2 Å². The molecule has 0 saturated heterocycles. The summed E-state index contributed by atoms with van der Waals surface area (Å²) in [6, 6.07) is 9.91. The number of aryl methyl sites for hydroxylation is 4. The van der Waals surface area contributed by atoms with Gasteiger partial charge in [0, 0.05) is 66.6 Å². The molecule has 38 heavy (non-hydrogen) atoms. The van der Waals surface area contributed by atoms with Gasteiger partial charge >= 0.3 is 0 Å². The maximum absolute atomic E-state index is 13.9. The zero-order chi connectivity index (χ0) is 26.4. The van der Waals surface area contributed by atoms with Crippen LogP contribution in [0, 0.1) is 13.8 Å². The SMILES string of the molecule is CCc1onc(C(=O)N2CCc3c(c(-c4nncn4-c4ccccc4)nn3C)C2)c1Cc1c(C)n[nH]c1C. The van der Waals surface area contributed by atoms with E-state index >= 15 is 0 Å². The average molecular weight is 512 g/mol. The molecule has 0 atom stereocenters. The number of carbonyl (C=O) groups excluding carboxylic acids is 1. The predicted octanol–water partition coefficient (Wildman–Crippen LogP) is 3.35. The fourth-order valence-corrected chi connectivity index (χ4v) is 5.25. The van der Waals surface area contributed by atoms with Crippen molar-refractivity contribution in [1.82, 2.24) is 44.8 Å². The molecule has 6 rings (SSSR count). The minimum absolute atomic E-state index is 0.146. The standard InChI is InChI=1S/C27H29N9O2/c1-5-23-20(13-19-16(2)29-30-17(19)3)25(33-38-23)27(37)35-12-11-22-21(14-35)24(32-34(22)4)26-31-28-15-36(26)18-9-7-6-8-10-18/h6-10,15H,5,11-14H2,1-4H3,(H,29,30). The zero-order valence-corrected chi connectivity index (χ0v) is 21.9. The van der Waals surface area contributed by atoms with E-state index in [1.807, 2.05) is 72.3 Å². The molecule has 0 bridgehead atoms. The van der Waals surface area contributed by atoms with Gasteiger partial charge in [-0.3, -0.25) is 19.1 Å². The van der Waals surface area contributed by atoms with Crippen molar-refractivity contribution in [2.45, 2.75) is 46.6 Å². The van der Waals surface area contributed by atoms with Crippen LogP contribution >= 0.6 is 0 Å². The molecule has 1 aliphatic heterocycles. The molecule has 4 aromatic heterocycles. The van der Waals surface area contributed by atoms with E-state index in [9.17, 15) is 4.79 Å². The third-order valence-corrected chi connectivity index (χ3v) is 7.35. The van der Waals surface area contributed by atoms with Gasteiger partial charge in [-0.15, -0.1) is 10.2 Å². The van der Waals surface area contributed by atoms with Crippen LogP contribution < -0.4 is 0 Å². The molecular formula is C27H29N9O2. The fraction of sp³-hybridized carbons (Fsp3) is 0.333. The molecule has 1 amide bonds. The van der Waals surface area contributed by atoms with Gasteiger partial charge in [-0.25, -0.2) is 0 Å². The molecule has 194 valence electrons. The van der Waals surface area contributed by atoms with E-state index in [0.29, 0.717) is 43.9 Å². The Kier molecular flexibility index (Phi) is 5.90. The quantitative estimate of drug-likeness (QED) is 0.371. The number of hydrogen-bond acceptors (Lipinski definition) is 7. The van der Waals surface area contributed by atoms with Crippen molar-refractivity contribution in [2.75, 3.05) is 6.54 Å². The van der Waals surface area contributed by atoms with Gasteiger partial charge in [-0.05, 0) is 26.0 Å². The summed E-state index contributed by atoms with van der Waals surface area (Å²) >= 11 is 0. The second-order valence-corrected chi connectivity index (χ2v) is 9.61. The first kappa shape index (κ1) is 23.8. The van der Waals surface area contributed by atoms with Crippen LogP contribution in [0.2, 0.25) is 0 Å². The van der Waals surface area contributed by atoms with Crippen LogP contribution in [-0.4, -0.2) is 57.3 Å². The molecule has 0 spiro atoms. The molecule has 0 fully saturated rings. The number of aromatic amines is 1. The number of amides is 1. The highest BCUT2D eigenvalue weighted by molar-refractivity contribution is 5.94. The zero-order valence-electron chi connectivity index (χ0n) is 21.9. The molecule has 5 heterocycles. The lowest BCUT2D eigenvalue weighted by molar-refractivity contribution is 0.0722. The molecule has 0 aliphatic carbocycles. The second-order valence-electron chi connectivity index (χ2n) is 9.61. The molecule has 0 unspecified atom stereocenters. The largest absolute Gasteiger partial charge is 0.360 e. The van der Waals surface area contributed by atoms with Crippen LogP contribution in [0.15, 0.2) is 41.2 Å². The highest BCUT2D eigenvalue weighted by Crippen LogP contribution is 2.31. The van der Waals surface area contributed by atoms with Gasteiger partial charge in [-0.2, -0.15) is 10.2 Å². The Morgan fingerprint density at radius 1 is 1.16 bits per heavy atom. The number of H-pyrrole nitrogens is 1. The number of hydrogen-bond donors (Lipinski definition) is 1. The van der Waals surface area contributed by atoms with E-state index in [0.717, 1.165) is 50.9 Å². The number of rotatable bonds is 6. The van der Waals surface area contributed by atoms with E-state index in [2.05, 4.69) is 25.6 Å². The first-order valence-corrected chi connectivity index (χ1v) is 12.7. The minimum atomic E-state index is -0.146. The van der Waals surface area contributed by atoms with Crippen LogP contribution in [0.5, 0.6) is 0 Å². The number of para-hydroxylation sites is 1. The summed E-state index contributed by atoms with van der Waals surface area (Å²) in [5.41, 5.74) is 7.87. The third kappa shape index (κ3) is 3.90. The van der Waals surface area contributed by atoms with Gasteiger partial charge in [0.2, 0.25) is 0 Å². The topological polar surface area (TPSA) is 124 Å². The van der Waals surface area contributed by atoms with E-state index in [1.54, 1.807) is 6.33 Å². The van der Waals surface area contributed by atoms with E-state index in [4.69, 9.17) is 9.62 Å². The Hall–Kier alpha value is -4.54. The third-order valence-electron chi connectivity index (χ3n) is 7.35. The Morgan fingerprint density at radius 2 is 1.97 bits per heavy atom. The number of nitrogens with one attached hydrogen (secondary N) is 1. The number of nitrogens with zero attached hydrogens (tertiary/aromatic N) is 8. The van der Waals surface area contributed by atoms with Crippen LogP contribution in [0.3, 0.4) is 0 Å². The van der Waals surface area contributed by atoms with Gasteiger partial charge in [0.25, 0.3) is 5.91 Å². The molecule has 0 radical (unpaired) electrons. The van der Waals surface area contributed by atoms with Crippen molar-refractivity contribution in [3.63, 3.8) is 0 Å². The smallest absolute Gasteiger partial charge is 0.276 e. The van der Waals surface area contributed by atoms with Crippen molar-refractivity contribution < 1.29 is 9.32 Å². The van der Waals surface area contributed by atoms with Crippen molar-refractivity contribution in [2.24, 2.45) is 7.05 Å². The summed E-state index contributed by atoms with van der Waals surface area (Å²) in [4.78, 5) is 15.7. The van der Waals surface area contributed by atoms with Crippen LogP contribution in [0.4, 0.5) is 0 Å². The molecule has 11 nitrogen and oxygen atoms in total. The molecule has 1 aliphatic rings. The highest BCUT2D eigenvalue weighted by atomic mass is 16.5. The summed E-state index contributed by atoms with van der Waals surface area (Å²) in [5.74, 6) is 1.22. The van der Waals surface area contributed by atoms with Crippen LogP contribution in [-0.2, 0) is 32.9 Å². The lowest BCUT2D eigenvalue weighted by Crippen LogP contribution is -2.37. The Labute approximate surface area is 219 Å². The number of carbonyl (C=O) groups is 1. The van der Waals surface area contributed by atoms with Crippen LogP contribution in [0.25, 0.3) is 17.2 Å². The summed E-state index contributed by atoms with van der Waals surface area (Å²) in [5, 5.41) is 24.9. The number of benzene rings is 1. The Bertz CT molecular complexity index is 1600. The highest BCUT2D eigenvalue weighted by Gasteiger charge is 2.33. The van der Waals surface area contributed by atoms with Gasteiger partial charge in [0.05, 0.1) is 12.2 Å². The summed E-state index contributed by atoms with van der Waals surface area (Å²) < 4.78 is 9.45. The van der Waals surface area contributed by atoms with Crippen molar-refractivity contribution >= 4 is 5.91 Å². The molecule has 11 heteroatoms. The first-order chi connectivity index (χ1) is 18.5. The fourth-order valence-electron chi connectivity index (χ4n) is 5.25. The van der Waals surface area contributed by atoms with Crippen LogP contribution in [0.1, 0.15) is 56.9 Å². The second kappa shape index (κ2) is 9.40. The molecule has 0 saturated carbocycles. The maximum Gasteiger partial charge on any atom is 0.276 e. The monoisotopic (exact) mass is 511 g/mol. The lowest BCUT2D eigenvalue weighted by atomic mass is 9.99. The molecule has 1 aromatic carbocycles. The normalized spacial score (nSPS) is 13.2. The van der Waals surface area contributed by atoms with Gasteiger partial charge in [0.15, 0.2) is 11.5 Å². The summed E-state index contributed by atoms with van der Waals surface area (Å²) in [7, 11) is 1.93. The van der Waals surface area contributed by atoms with Crippen molar-refractivity contribution in [3.05, 3.63) is 81.9 Å². The molecular weight excluding hydrogens is 482 g/mol. The van der Waals surface area contributed by atoms with E-state index in [-0.39, 0.29) is 5.91 Å². The first-order valence-electron chi connectivity index (χ1n) is 12.7. The van der Waals surface area contributed by atoms with Crippen molar-refractivity contribution in [1.29, 1.82) is 0 Å². The summed E-state index contributed by atoms with van der Waals surface area (Å²) in [6.07, 6.45) is 3.56. The molecule has 1 N–H and O–H groups in total. The van der Waals surface area contributed by atoms with Gasteiger partial charge in [-0.1, -0.05) is 30.3 Å². The lowest BCUT2D eigenvalue weighted by Gasteiger charge is -2.27. The van der Waals surface area contributed by atoms with E-state index < -0.39 is 0 Å². The predicted molar refractivity (Wildman–Crippen MR) is 139 cm³/mol. The number of fused-ring (bicyclic) bond motifs is 1. The molecule has 5 aromatic rings. The van der Waals surface area contributed by atoms with E-state index in [1.165, 1.54) is 0 Å². The van der Waals surface area contributed by atoms with Gasteiger partial charge < -0.3 is 9.42 Å². The average Bonchev–Trinajstić information content (AvgIpc) is 3.72. The maximum atomic E-state index is 13.9. The Morgan fingerprint density at radius 3 is 2.71 bits per heavy atom. The number of aromatic nitrogens is 8. The Balaban J connectivity index is 1.34. The minimum Gasteiger partial charge on any atom is -0.360 e.